The molecular weight excluding hydrogens is 341 g/mol. The van der Waals surface area contributed by atoms with Gasteiger partial charge in [0.05, 0.1) is 11.4 Å². The first-order valence-electron chi connectivity index (χ1n) is 5.94. The van der Waals surface area contributed by atoms with Crippen molar-refractivity contribution < 1.29 is 26.4 Å². The van der Waals surface area contributed by atoms with Gasteiger partial charge in [-0.25, -0.2) is 0 Å². The molecule has 0 aromatic heterocycles. The summed E-state index contributed by atoms with van der Waals surface area (Å²) in [6.07, 6.45) is 1.79. The van der Waals surface area contributed by atoms with Crippen LogP contribution < -0.4 is 4.72 Å². The summed E-state index contributed by atoms with van der Waals surface area (Å²) < 4.78 is 61.7. The third-order valence-corrected chi connectivity index (χ3v) is 4.00. The van der Waals surface area contributed by atoms with E-state index in [1.807, 2.05) is 0 Å². The molecule has 0 heterocycles. The van der Waals surface area contributed by atoms with Gasteiger partial charge in [-0.1, -0.05) is 23.4 Å². The fraction of sp³-hybridized carbons (Fsp3) is 0.417. The highest BCUT2D eigenvalue weighted by Gasteiger charge is 2.46. The highest BCUT2D eigenvalue weighted by atomic mass is 32.2. The third-order valence-electron chi connectivity index (χ3n) is 2.58. The van der Waals surface area contributed by atoms with Crippen molar-refractivity contribution in [2.45, 2.75) is 19.4 Å². The molecule has 0 aliphatic heterocycles. The summed E-state index contributed by atoms with van der Waals surface area (Å²) in [6.45, 7) is 3.01. The van der Waals surface area contributed by atoms with E-state index >= 15 is 0 Å². The van der Waals surface area contributed by atoms with Crippen LogP contribution in [0.2, 0.25) is 0 Å². The molecule has 0 atom stereocenters. The van der Waals surface area contributed by atoms with Gasteiger partial charge in [0.15, 0.2) is 5.94 Å². The summed E-state index contributed by atoms with van der Waals surface area (Å²) >= 11 is 1.37. The van der Waals surface area contributed by atoms with E-state index in [0.717, 1.165) is 0 Å². The molecule has 0 aliphatic rings. The summed E-state index contributed by atoms with van der Waals surface area (Å²) in [5.74, 6) is 0.271. The maximum atomic E-state index is 12.5. The molecule has 0 saturated heterocycles. The van der Waals surface area contributed by atoms with Gasteiger partial charge in [0, 0.05) is 5.56 Å². The molecule has 1 aromatic carbocycles. The first-order chi connectivity index (χ1) is 10.1. The highest BCUT2D eigenvalue weighted by Crippen LogP contribution is 2.29. The Bertz CT molecular complexity index is 658. The predicted octanol–water partition coefficient (Wildman–Crippen LogP) is 3.32. The van der Waals surface area contributed by atoms with Crippen LogP contribution in [-0.4, -0.2) is 31.8 Å². The summed E-state index contributed by atoms with van der Waals surface area (Å²) in [5, 5.41) is 3.76. The zero-order valence-electron chi connectivity index (χ0n) is 12.1. The maximum Gasteiger partial charge on any atom is 0.516 e. The number of hydrogen-bond acceptors (Lipinski definition) is 5. The van der Waals surface area contributed by atoms with Crippen LogP contribution in [-0.2, 0) is 14.9 Å². The van der Waals surface area contributed by atoms with E-state index in [1.165, 1.54) is 37.7 Å². The summed E-state index contributed by atoms with van der Waals surface area (Å²) in [5.41, 5.74) is -4.75. The van der Waals surface area contributed by atoms with E-state index in [1.54, 1.807) is 17.0 Å². The molecule has 1 aromatic rings. The van der Waals surface area contributed by atoms with Gasteiger partial charge >= 0.3 is 15.5 Å². The predicted molar refractivity (Wildman–Crippen MR) is 81.5 cm³/mol. The first-order valence-corrected chi connectivity index (χ1v) is 8.82. The summed E-state index contributed by atoms with van der Waals surface area (Å²) in [7, 11) is -5.50. The van der Waals surface area contributed by atoms with Crippen molar-refractivity contribution >= 4 is 33.2 Å². The minimum atomic E-state index is -5.50. The Morgan fingerprint density at radius 3 is 2.59 bits per heavy atom. The van der Waals surface area contributed by atoms with E-state index in [4.69, 9.17) is 4.84 Å². The van der Waals surface area contributed by atoms with Crippen molar-refractivity contribution in [1.29, 1.82) is 0 Å². The van der Waals surface area contributed by atoms with Crippen LogP contribution in [0, 0.1) is 6.92 Å². The molecule has 0 radical (unpaired) electrons. The lowest BCUT2D eigenvalue weighted by Gasteiger charge is -2.16. The number of nitrogens with one attached hydrogen (secondary N) is 1. The highest BCUT2D eigenvalue weighted by molar-refractivity contribution is 7.98. The standard InChI is InChI=1S/C12H15F3N2O3S2/c1-8-5-4-6-10(9(2)16-20-7-21-3)11(8)17-22(18,19)12(13,14)15/h4-6,17H,7H2,1-3H3/b16-9+. The molecule has 0 saturated carbocycles. The molecule has 0 aliphatic carbocycles. The molecule has 22 heavy (non-hydrogen) atoms. The fourth-order valence-corrected chi connectivity index (χ4v) is 2.34. The lowest BCUT2D eigenvalue weighted by atomic mass is 10.1. The van der Waals surface area contributed by atoms with Gasteiger partial charge in [-0.15, -0.1) is 11.8 Å². The van der Waals surface area contributed by atoms with Gasteiger partial charge in [-0.05, 0) is 25.7 Å². The quantitative estimate of drug-likeness (QED) is 0.367. The summed E-state index contributed by atoms with van der Waals surface area (Å²) in [4.78, 5) is 4.94. The number of oxime groups is 1. The Hall–Kier alpha value is -1.42. The average molecular weight is 356 g/mol. The number of benzene rings is 1. The van der Waals surface area contributed by atoms with Crippen molar-refractivity contribution in [3.8, 4) is 0 Å². The number of thioether (sulfide) groups is 1. The zero-order chi connectivity index (χ0) is 17.0. The molecule has 124 valence electrons. The molecule has 0 unspecified atom stereocenters. The van der Waals surface area contributed by atoms with Crippen LogP contribution in [0.25, 0.3) is 0 Å². The normalized spacial score (nSPS) is 13.1. The Balaban J connectivity index is 3.24. The van der Waals surface area contributed by atoms with Gasteiger partial charge in [0.25, 0.3) is 0 Å². The van der Waals surface area contributed by atoms with Crippen LogP contribution in [0.15, 0.2) is 23.4 Å². The second-order valence-corrected chi connectivity index (χ2v) is 6.75. The number of para-hydroxylation sites is 1. The van der Waals surface area contributed by atoms with E-state index < -0.39 is 15.5 Å². The molecule has 0 spiro atoms. The van der Waals surface area contributed by atoms with Gasteiger partial charge in [0.1, 0.15) is 0 Å². The molecule has 0 fully saturated rings. The lowest BCUT2D eigenvalue weighted by molar-refractivity contribution is -0.0429. The van der Waals surface area contributed by atoms with Crippen LogP contribution >= 0.6 is 11.8 Å². The van der Waals surface area contributed by atoms with Gasteiger partial charge in [-0.2, -0.15) is 21.6 Å². The monoisotopic (exact) mass is 356 g/mol. The van der Waals surface area contributed by atoms with Crippen molar-refractivity contribution in [2.24, 2.45) is 5.16 Å². The van der Waals surface area contributed by atoms with Crippen molar-refractivity contribution in [3.05, 3.63) is 29.3 Å². The number of nitrogens with zero attached hydrogens (tertiary/aromatic N) is 1. The molecule has 1 rings (SSSR count). The minimum Gasteiger partial charge on any atom is -0.385 e. The molecular formula is C12H15F3N2O3S2. The van der Waals surface area contributed by atoms with E-state index in [9.17, 15) is 21.6 Å². The number of alkyl halides is 3. The Morgan fingerprint density at radius 1 is 1.41 bits per heavy atom. The minimum absolute atomic E-state index is 0.172. The van der Waals surface area contributed by atoms with Crippen LogP contribution in [0.4, 0.5) is 18.9 Å². The van der Waals surface area contributed by atoms with Crippen molar-refractivity contribution in [3.63, 3.8) is 0 Å². The molecule has 0 bridgehead atoms. The maximum absolute atomic E-state index is 12.5. The lowest BCUT2D eigenvalue weighted by Crippen LogP contribution is -2.30. The zero-order valence-corrected chi connectivity index (χ0v) is 13.7. The molecule has 0 amide bonds. The average Bonchev–Trinajstić information content (AvgIpc) is 2.39. The SMILES string of the molecule is CSCO/N=C(\C)c1cccc(C)c1NS(=O)(=O)C(F)(F)F. The molecule has 10 heteroatoms. The second kappa shape index (κ2) is 7.23. The van der Waals surface area contributed by atoms with E-state index in [2.05, 4.69) is 5.16 Å². The Kier molecular flexibility index (Phi) is 6.12. The second-order valence-electron chi connectivity index (χ2n) is 4.26. The smallest absolute Gasteiger partial charge is 0.385 e. The van der Waals surface area contributed by atoms with Crippen LogP contribution in [0.5, 0.6) is 0 Å². The fourth-order valence-electron chi connectivity index (χ4n) is 1.52. The van der Waals surface area contributed by atoms with Crippen LogP contribution in [0.3, 0.4) is 0 Å². The Labute approximate surface area is 131 Å². The van der Waals surface area contributed by atoms with Gasteiger partial charge in [0.2, 0.25) is 0 Å². The van der Waals surface area contributed by atoms with Gasteiger partial charge < -0.3 is 4.84 Å². The van der Waals surface area contributed by atoms with Crippen molar-refractivity contribution in [2.75, 3.05) is 16.9 Å². The molecule has 5 nitrogen and oxygen atoms in total. The largest absolute Gasteiger partial charge is 0.516 e. The van der Waals surface area contributed by atoms with Crippen molar-refractivity contribution in [1.82, 2.24) is 0 Å². The number of rotatable bonds is 6. The molecule has 1 N–H and O–H groups in total. The number of anilines is 1. The van der Waals surface area contributed by atoms with E-state index in [0.29, 0.717) is 5.56 Å². The van der Waals surface area contributed by atoms with E-state index in [-0.39, 0.29) is 22.9 Å². The topological polar surface area (TPSA) is 67.8 Å². The number of sulfonamides is 1. The van der Waals surface area contributed by atoms with Gasteiger partial charge in [-0.3, -0.25) is 4.72 Å². The number of halogens is 3. The number of aryl methyl sites for hydroxylation is 1. The first kappa shape index (κ1) is 18.6. The van der Waals surface area contributed by atoms with Crippen LogP contribution in [0.1, 0.15) is 18.1 Å². The Morgan fingerprint density at radius 2 is 2.05 bits per heavy atom. The summed E-state index contributed by atoms with van der Waals surface area (Å²) in [6, 6.07) is 4.54. The number of hydrogen-bond donors (Lipinski definition) is 1. The third kappa shape index (κ3) is 4.54.